The van der Waals surface area contributed by atoms with E-state index in [4.69, 9.17) is 5.41 Å². The molecule has 0 saturated heterocycles. The van der Waals surface area contributed by atoms with Crippen molar-refractivity contribution < 1.29 is 14.3 Å². The lowest BCUT2D eigenvalue weighted by Crippen LogP contribution is -2.30. The van der Waals surface area contributed by atoms with E-state index < -0.39 is 11.9 Å². The van der Waals surface area contributed by atoms with Gasteiger partial charge in [0, 0.05) is 12.8 Å². The molecule has 1 atom stereocenters. The Labute approximate surface area is 76.3 Å². The molecule has 1 N–H and O–H groups in total. The number of aldehydes is 1. The van der Waals surface area contributed by atoms with Crippen molar-refractivity contribution in [2.24, 2.45) is 10.9 Å². The van der Waals surface area contributed by atoms with Crippen molar-refractivity contribution >= 4 is 23.7 Å². The van der Waals surface area contributed by atoms with E-state index in [1.165, 1.54) is 7.05 Å². The first-order valence-electron chi connectivity index (χ1n) is 3.63. The maximum absolute atomic E-state index is 10.9. The van der Waals surface area contributed by atoms with E-state index in [1.54, 1.807) is 6.92 Å². The molecule has 5 nitrogen and oxygen atoms in total. The number of rotatable bonds is 4. The van der Waals surface area contributed by atoms with E-state index in [2.05, 4.69) is 9.73 Å². The number of hydrogen-bond acceptors (Lipinski definition) is 5. The third-order valence-electron chi connectivity index (χ3n) is 1.66. The number of ether oxygens (including phenoxy) is 1. The summed E-state index contributed by atoms with van der Waals surface area (Å²) in [6, 6.07) is 0. The number of carbonyl (C=O) groups is 2. The number of carbonyl (C=O) groups excluding carboxylic acids is 2. The quantitative estimate of drug-likeness (QED) is 0.382. The smallest absolute Gasteiger partial charge is 0.352 e. The number of aliphatic imine (C=N–C) groups is 1. The van der Waals surface area contributed by atoms with Gasteiger partial charge in [0.25, 0.3) is 0 Å². The average Bonchev–Trinajstić information content (AvgIpc) is 2.17. The zero-order valence-electron chi connectivity index (χ0n) is 7.83. The predicted molar refractivity (Wildman–Crippen MR) is 48.3 cm³/mol. The fourth-order valence-electron chi connectivity index (χ4n) is 0.751. The Morgan fingerprint density at radius 3 is 2.46 bits per heavy atom. The van der Waals surface area contributed by atoms with Crippen molar-refractivity contribution in [1.29, 1.82) is 5.41 Å². The van der Waals surface area contributed by atoms with E-state index in [0.717, 1.165) is 7.11 Å². The van der Waals surface area contributed by atoms with Crippen LogP contribution in [-0.4, -0.2) is 37.8 Å². The summed E-state index contributed by atoms with van der Waals surface area (Å²) in [6.45, 7) is 1.58. The number of esters is 1. The molecule has 1 unspecified atom stereocenters. The lowest BCUT2D eigenvalue weighted by Gasteiger charge is -2.08. The topological polar surface area (TPSA) is 79.6 Å². The second-order valence-corrected chi connectivity index (χ2v) is 2.38. The standard InChI is InChI=1S/C8H12N2O3/c1-5(10-2)6(4-11)7(9)8(12)13-3/h4,6,9H,1-3H3. The van der Waals surface area contributed by atoms with Crippen LogP contribution in [0.15, 0.2) is 4.99 Å². The van der Waals surface area contributed by atoms with Crippen LogP contribution in [0.25, 0.3) is 0 Å². The third kappa shape index (κ3) is 2.77. The van der Waals surface area contributed by atoms with Gasteiger partial charge in [0.05, 0.1) is 7.11 Å². The SMILES string of the molecule is CN=C(C)C(C=O)C(=N)C(=O)OC. The molecule has 0 radical (unpaired) electrons. The van der Waals surface area contributed by atoms with Gasteiger partial charge >= 0.3 is 5.97 Å². The van der Waals surface area contributed by atoms with Crippen molar-refractivity contribution in [3.05, 3.63) is 0 Å². The molecule has 0 aliphatic carbocycles. The first-order chi connectivity index (χ1) is 6.08. The minimum Gasteiger partial charge on any atom is -0.465 e. The molecule has 0 spiro atoms. The van der Waals surface area contributed by atoms with Crippen molar-refractivity contribution in [2.45, 2.75) is 6.92 Å². The highest BCUT2D eigenvalue weighted by Crippen LogP contribution is 2.00. The zero-order valence-corrected chi connectivity index (χ0v) is 7.83. The van der Waals surface area contributed by atoms with Gasteiger partial charge in [-0.25, -0.2) is 4.79 Å². The highest BCUT2D eigenvalue weighted by molar-refractivity contribution is 6.43. The van der Waals surface area contributed by atoms with Crippen LogP contribution in [0, 0.1) is 11.3 Å². The summed E-state index contributed by atoms with van der Waals surface area (Å²) in [6.07, 6.45) is 0.502. The number of nitrogens with one attached hydrogen (secondary N) is 1. The molecule has 0 aliphatic rings. The van der Waals surface area contributed by atoms with Gasteiger partial charge in [-0.05, 0) is 6.92 Å². The maximum atomic E-state index is 10.9. The molecule has 0 rings (SSSR count). The van der Waals surface area contributed by atoms with Gasteiger partial charge in [0.15, 0.2) is 0 Å². The first-order valence-corrected chi connectivity index (χ1v) is 3.63. The van der Waals surface area contributed by atoms with Gasteiger partial charge in [-0.2, -0.15) is 0 Å². The number of hydrogen-bond donors (Lipinski definition) is 1. The summed E-state index contributed by atoms with van der Waals surface area (Å²) in [7, 11) is 2.66. The van der Waals surface area contributed by atoms with Gasteiger partial charge in [-0.3, -0.25) is 10.4 Å². The fourth-order valence-corrected chi connectivity index (χ4v) is 0.751. The van der Waals surface area contributed by atoms with Crippen LogP contribution in [0.4, 0.5) is 0 Å². The highest BCUT2D eigenvalue weighted by atomic mass is 16.5. The van der Waals surface area contributed by atoms with Crippen LogP contribution >= 0.6 is 0 Å². The molecule has 0 aliphatic heterocycles. The maximum Gasteiger partial charge on any atom is 0.352 e. The van der Waals surface area contributed by atoms with Crippen molar-refractivity contribution in [3.63, 3.8) is 0 Å². The lowest BCUT2D eigenvalue weighted by atomic mass is 10.0. The molecule has 0 heterocycles. The Bertz CT molecular complexity index is 258. The van der Waals surface area contributed by atoms with E-state index in [9.17, 15) is 9.59 Å². The van der Waals surface area contributed by atoms with Crippen LogP contribution in [0.3, 0.4) is 0 Å². The van der Waals surface area contributed by atoms with Crippen molar-refractivity contribution in [1.82, 2.24) is 0 Å². The zero-order chi connectivity index (χ0) is 10.4. The molecule has 13 heavy (non-hydrogen) atoms. The summed E-state index contributed by atoms with van der Waals surface area (Å²) in [5, 5.41) is 7.30. The van der Waals surface area contributed by atoms with E-state index in [1.807, 2.05) is 0 Å². The van der Waals surface area contributed by atoms with Gasteiger partial charge < -0.3 is 9.53 Å². The monoisotopic (exact) mass is 184 g/mol. The van der Waals surface area contributed by atoms with Crippen LogP contribution < -0.4 is 0 Å². The van der Waals surface area contributed by atoms with Crippen LogP contribution in [-0.2, 0) is 14.3 Å². The van der Waals surface area contributed by atoms with Gasteiger partial charge in [0.2, 0.25) is 0 Å². The molecule has 5 heteroatoms. The number of nitrogens with zero attached hydrogens (tertiary/aromatic N) is 1. The summed E-state index contributed by atoms with van der Waals surface area (Å²) >= 11 is 0. The largest absolute Gasteiger partial charge is 0.465 e. The highest BCUT2D eigenvalue weighted by Gasteiger charge is 2.23. The molecular weight excluding hydrogens is 172 g/mol. The summed E-state index contributed by atoms with van der Waals surface area (Å²) in [5.41, 5.74) is 0.0333. The Hall–Kier alpha value is -1.52. The minimum absolute atomic E-state index is 0.388. The molecule has 0 bridgehead atoms. The fraction of sp³-hybridized carbons (Fsp3) is 0.500. The van der Waals surface area contributed by atoms with Crippen molar-refractivity contribution in [2.75, 3.05) is 14.2 Å². The Morgan fingerprint density at radius 2 is 2.15 bits per heavy atom. The molecule has 0 fully saturated rings. The van der Waals surface area contributed by atoms with E-state index in [-0.39, 0.29) is 5.71 Å². The Balaban J connectivity index is 4.70. The third-order valence-corrected chi connectivity index (χ3v) is 1.66. The lowest BCUT2D eigenvalue weighted by molar-refractivity contribution is -0.133. The van der Waals surface area contributed by atoms with Crippen molar-refractivity contribution in [3.8, 4) is 0 Å². The second kappa shape index (κ2) is 5.18. The molecule has 0 saturated carbocycles. The molecule has 0 aromatic rings. The molecular formula is C8H12N2O3. The van der Waals surface area contributed by atoms with E-state index in [0.29, 0.717) is 12.0 Å². The minimum atomic E-state index is -0.891. The molecule has 0 amide bonds. The predicted octanol–water partition coefficient (Wildman–Crippen LogP) is 0.0850. The molecule has 0 aromatic heterocycles. The van der Waals surface area contributed by atoms with Gasteiger partial charge in [-0.15, -0.1) is 0 Å². The van der Waals surface area contributed by atoms with Crippen LogP contribution in [0.1, 0.15) is 6.92 Å². The van der Waals surface area contributed by atoms with E-state index >= 15 is 0 Å². The van der Waals surface area contributed by atoms with Gasteiger partial charge in [-0.1, -0.05) is 0 Å². The molecule has 72 valence electrons. The summed E-state index contributed by atoms with van der Waals surface area (Å²) < 4.78 is 4.31. The Morgan fingerprint density at radius 1 is 1.62 bits per heavy atom. The van der Waals surface area contributed by atoms with Crippen LogP contribution in [0.5, 0.6) is 0 Å². The average molecular weight is 184 g/mol. The van der Waals surface area contributed by atoms with Gasteiger partial charge in [0.1, 0.15) is 17.9 Å². The second-order valence-electron chi connectivity index (χ2n) is 2.38. The first kappa shape index (κ1) is 11.5. The summed E-state index contributed by atoms with van der Waals surface area (Å²) in [4.78, 5) is 25.1. The normalized spacial score (nSPS) is 13.3. The number of methoxy groups -OCH3 is 1. The van der Waals surface area contributed by atoms with Crippen LogP contribution in [0.2, 0.25) is 0 Å². The Kier molecular flexibility index (Phi) is 4.58. The summed E-state index contributed by atoms with van der Waals surface area (Å²) in [5.74, 6) is -1.70. The molecule has 0 aromatic carbocycles.